The Labute approximate surface area is 110 Å². The molecule has 1 radical (unpaired) electrons. The van der Waals surface area contributed by atoms with Crippen molar-refractivity contribution in [2.24, 2.45) is 0 Å². The van der Waals surface area contributed by atoms with E-state index in [1.54, 1.807) is 0 Å². The molecule has 89 valence electrons. The lowest BCUT2D eigenvalue weighted by molar-refractivity contribution is 0.457. The fourth-order valence-electron chi connectivity index (χ4n) is 2.87. The van der Waals surface area contributed by atoms with Crippen molar-refractivity contribution in [2.75, 3.05) is 0 Å². The van der Waals surface area contributed by atoms with E-state index in [0.717, 1.165) is 13.1 Å². The number of hydrogen-bond donors (Lipinski definition) is 1. The molecule has 0 saturated heterocycles. The van der Waals surface area contributed by atoms with Gasteiger partial charge in [-0.05, 0) is 27.6 Å². The molecule has 0 aliphatic carbocycles. The van der Waals surface area contributed by atoms with E-state index in [1.165, 1.54) is 26.9 Å². The van der Waals surface area contributed by atoms with Gasteiger partial charge in [0.05, 0.1) is 0 Å². The fraction of sp³-hybridized carbons (Fsp3) is 0. The van der Waals surface area contributed by atoms with Crippen LogP contribution in [0.25, 0.3) is 32.3 Å². The van der Waals surface area contributed by atoms with E-state index in [-0.39, 0.29) is 0 Å². The average molecular weight is 245 g/mol. The molecular weight excluding hydrogens is 235 g/mol. The second kappa shape index (κ2) is 3.87. The summed E-state index contributed by atoms with van der Waals surface area (Å²) in [7, 11) is 0.728. The lowest BCUT2D eigenvalue weighted by Crippen LogP contribution is -2.00. The Bertz CT molecular complexity index is 870. The van der Waals surface area contributed by atoms with Gasteiger partial charge in [0.25, 0.3) is 0 Å². The first kappa shape index (κ1) is 10.6. The highest BCUT2D eigenvalue weighted by molar-refractivity contribution is 6.25. The summed E-state index contributed by atoms with van der Waals surface area (Å²) in [6.07, 6.45) is 0. The molecule has 0 spiro atoms. The van der Waals surface area contributed by atoms with Gasteiger partial charge in [0.1, 0.15) is 5.75 Å². The monoisotopic (exact) mass is 245 g/mol. The van der Waals surface area contributed by atoms with Gasteiger partial charge < -0.3 is 9.68 Å². The van der Waals surface area contributed by atoms with Crippen LogP contribution in [0.2, 0.25) is 0 Å². The maximum Gasteiger partial charge on any atom is 0.569 e. The molecule has 0 atom stereocenters. The minimum Gasteiger partial charge on any atom is -0.537 e. The molecule has 0 unspecified atom stereocenters. The van der Waals surface area contributed by atoms with Gasteiger partial charge in [-0.3, -0.25) is 0 Å². The summed E-state index contributed by atoms with van der Waals surface area (Å²) in [6, 6.07) is 18.6. The second-order valence-electron chi connectivity index (χ2n) is 4.64. The summed E-state index contributed by atoms with van der Waals surface area (Å²) in [5, 5.41) is 16.0. The van der Waals surface area contributed by atoms with E-state index >= 15 is 0 Å². The highest BCUT2D eigenvalue weighted by Gasteiger charge is 2.11. The van der Waals surface area contributed by atoms with Crippen LogP contribution in [0.15, 0.2) is 54.6 Å². The van der Waals surface area contributed by atoms with Crippen LogP contribution in [-0.4, -0.2) is 12.7 Å². The third kappa shape index (κ3) is 1.42. The molecule has 0 aliphatic rings. The molecule has 0 bridgehead atoms. The Morgan fingerprint density at radius 1 is 0.737 bits per heavy atom. The summed E-state index contributed by atoms with van der Waals surface area (Å²) >= 11 is 0. The SMILES string of the molecule is O[B]Oc1ccc2ccc3cccc4ccc1c2c34. The van der Waals surface area contributed by atoms with Crippen molar-refractivity contribution in [3.63, 3.8) is 0 Å². The molecule has 4 rings (SSSR count). The fourth-order valence-corrected chi connectivity index (χ4v) is 2.87. The minimum atomic E-state index is 0.674. The largest absolute Gasteiger partial charge is 0.569 e. The molecule has 19 heavy (non-hydrogen) atoms. The molecule has 0 fully saturated rings. The number of benzene rings is 4. The number of hydrogen-bond acceptors (Lipinski definition) is 2. The van der Waals surface area contributed by atoms with Gasteiger partial charge in [0.15, 0.2) is 0 Å². The Morgan fingerprint density at radius 2 is 1.37 bits per heavy atom. The van der Waals surface area contributed by atoms with Crippen LogP contribution in [0, 0.1) is 0 Å². The Hall–Kier alpha value is -2.26. The zero-order chi connectivity index (χ0) is 12.8. The summed E-state index contributed by atoms with van der Waals surface area (Å²) in [4.78, 5) is 0. The molecule has 0 aliphatic heterocycles. The molecule has 1 N–H and O–H groups in total. The van der Waals surface area contributed by atoms with E-state index in [1.807, 2.05) is 18.2 Å². The first-order valence-corrected chi connectivity index (χ1v) is 6.17. The van der Waals surface area contributed by atoms with E-state index < -0.39 is 0 Å². The Morgan fingerprint density at radius 3 is 2.11 bits per heavy atom. The van der Waals surface area contributed by atoms with Crippen LogP contribution in [-0.2, 0) is 0 Å². The van der Waals surface area contributed by atoms with Gasteiger partial charge in [-0.15, -0.1) is 0 Å². The van der Waals surface area contributed by atoms with Crippen molar-refractivity contribution in [3.05, 3.63) is 54.6 Å². The van der Waals surface area contributed by atoms with Gasteiger partial charge in [-0.25, -0.2) is 0 Å². The molecule has 4 aromatic rings. The molecule has 0 heterocycles. The highest BCUT2D eigenvalue weighted by Crippen LogP contribution is 2.38. The third-order valence-corrected chi connectivity index (χ3v) is 3.67. The topological polar surface area (TPSA) is 29.5 Å². The minimum absolute atomic E-state index is 0.674. The van der Waals surface area contributed by atoms with Crippen molar-refractivity contribution in [2.45, 2.75) is 0 Å². The normalized spacial score (nSPS) is 11.4. The van der Waals surface area contributed by atoms with Crippen LogP contribution in [0.1, 0.15) is 0 Å². The van der Waals surface area contributed by atoms with Gasteiger partial charge in [0.2, 0.25) is 0 Å². The highest BCUT2D eigenvalue weighted by atomic mass is 16.5. The van der Waals surface area contributed by atoms with Crippen LogP contribution >= 0.6 is 0 Å². The van der Waals surface area contributed by atoms with Crippen LogP contribution in [0.4, 0.5) is 0 Å². The quantitative estimate of drug-likeness (QED) is 0.432. The van der Waals surface area contributed by atoms with Crippen molar-refractivity contribution in [1.82, 2.24) is 0 Å². The lowest BCUT2D eigenvalue weighted by atomic mass is 9.94. The summed E-state index contributed by atoms with van der Waals surface area (Å²) in [6.45, 7) is 0. The molecule has 3 heteroatoms. The van der Waals surface area contributed by atoms with E-state index in [9.17, 15) is 0 Å². The molecule has 0 amide bonds. The predicted molar refractivity (Wildman–Crippen MR) is 78.7 cm³/mol. The van der Waals surface area contributed by atoms with E-state index in [0.29, 0.717) is 5.75 Å². The maximum atomic E-state index is 8.87. The van der Waals surface area contributed by atoms with Gasteiger partial charge in [0, 0.05) is 10.8 Å². The maximum absolute atomic E-state index is 8.87. The van der Waals surface area contributed by atoms with E-state index in [4.69, 9.17) is 9.68 Å². The molecule has 0 aromatic heterocycles. The van der Waals surface area contributed by atoms with Crippen LogP contribution in [0.5, 0.6) is 5.75 Å². The molecule has 4 aromatic carbocycles. The predicted octanol–water partition coefficient (Wildman–Crippen LogP) is 3.49. The summed E-state index contributed by atoms with van der Waals surface area (Å²) < 4.78 is 5.19. The first-order valence-electron chi connectivity index (χ1n) is 6.17. The van der Waals surface area contributed by atoms with Crippen molar-refractivity contribution in [1.29, 1.82) is 0 Å². The van der Waals surface area contributed by atoms with E-state index in [2.05, 4.69) is 36.4 Å². The third-order valence-electron chi connectivity index (χ3n) is 3.67. The standard InChI is InChI=1S/C16H10BO2/c18-17-19-14-9-7-12-5-4-10-2-1-3-11-6-8-13(14)16(12)15(10)11/h1-9,18H. The van der Waals surface area contributed by atoms with Crippen molar-refractivity contribution in [3.8, 4) is 5.75 Å². The van der Waals surface area contributed by atoms with Gasteiger partial charge >= 0.3 is 7.69 Å². The molecular formula is C16H10BO2. The smallest absolute Gasteiger partial charge is 0.537 e. The second-order valence-corrected chi connectivity index (χ2v) is 4.64. The zero-order valence-corrected chi connectivity index (χ0v) is 10.1. The summed E-state index contributed by atoms with van der Waals surface area (Å²) in [5.74, 6) is 0.674. The summed E-state index contributed by atoms with van der Waals surface area (Å²) in [5.41, 5.74) is 0. The average Bonchev–Trinajstić information content (AvgIpc) is 2.46. The van der Waals surface area contributed by atoms with Crippen molar-refractivity contribution >= 4 is 40.0 Å². The molecule has 0 saturated carbocycles. The zero-order valence-electron chi connectivity index (χ0n) is 10.1. The van der Waals surface area contributed by atoms with Gasteiger partial charge in [-0.1, -0.05) is 48.5 Å². The van der Waals surface area contributed by atoms with Crippen LogP contribution < -0.4 is 4.65 Å². The lowest BCUT2D eigenvalue weighted by Gasteiger charge is -2.13. The van der Waals surface area contributed by atoms with Gasteiger partial charge in [-0.2, -0.15) is 0 Å². The molecule has 2 nitrogen and oxygen atoms in total. The van der Waals surface area contributed by atoms with Crippen molar-refractivity contribution < 1.29 is 9.68 Å². The first-order chi connectivity index (χ1) is 9.38. The Balaban J connectivity index is 2.28. The Kier molecular flexibility index (Phi) is 2.17. The van der Waals surface area contributed by atoms with Crippen LogP contribution in [0.3, 0.4) is 0 Å². The number of rotatable bonds is 2.